The van der Waals surface area contributed by atoms with Crippen LogP contribution < -0.4 is 5.32 Å². The number of hydrogen-bond acceptors (Lipinski definition) is 3. The van der Waals surface area contributed by atoms with Crippen LogP contribution in [0, 0.1) is 12.7 Å². The van der Waals surface area contributed by atoms with Crippen molar-refractivity contribution in [3.05, 3.63) is 59.2 Å². The Balaban J connectivity index is 1.55. The Morgan fingerprint density at radius 2 is 1.97 bits per heavy atom. The van der Waals surface area contributed by atoms with Crippen molar-refractivity contribution in [1.29, 1.82) is 0 Å². The van der Waals surface area contributed by atoms with Gasteiger partial charge in [0.15, 0.2) is 5.58 Å². The van der Waals surface area contributed by atoms with Crippen molar-refractivity contribution in [3.8, 4) is 0 Å². The third kappa shape index (κ3) is 3.40. The molecule has 1 aliphatic heterocycles. The van der Waals surface area contributed by atoms with Crippen LogP contribution in [0.2, 0.25) is 0 Å². The third-order valence-electron chi connectivity index (χ3n) is 6.95. The lowest BCUT2D eigenvalue weighted by atomic mass is 9.91. The molecule has 32 heavy (non-hydrogen) atoms. The molecule has 0 radical (unpaired) electrons. The fourth-order valence-electron chi connectivity index (χ4n) is 5.09. The standard InChI is InChI=1S/C25H28FN3O3/c1-16-12-20-22(32-16)13-21-23(30)29(14-17-8-6-7-11-19(17)26)25(2,15-28(20)21)24(31)27-18-9-4-3-5-10-18/h6-8,11-13,18H,3-5,9-10,14-15H2,1-2H3,(H,27,31). The molecule has 7 heteroatoms. The summed E-state index contributed by atoms with van der Waals surface area (Å²) in [6.07, 6.45) is 5.27. The van der Waals surface area contributed by atoms with Gasteiger partial charge < -0.3 is 19.2 Å². The van der Waals surface area contributed by atoms with Crippen LogP contribution in [0.3, 0.4) is 0 Å². The van der Waals surface area contributed by atoms with Crippen LogP contribution in [0.25, 0.3) is 11.1 Å². The minimum absolute atomic E-state index is 0.0195. The van der Waals surface area contributed by atoms with Gasteiger partial charge in [0.25, 0.3) is 5.91 Å². The third-order valence-corrected chi connectivity index (χ3v) is 6.95. The van der Waals surface area contributed by atoms with Crippen molar-refractivity contribution < 1.29 is 18.4 Å². The molecule has 2 aromatic heterocycles. The molecule has 0 bridgehead atoms. The van der Waals surface area contributed by atoms with E-state index in [0.29, 0.717) is 16.8 Å². The minimum atomic E-state index is -1.17. The number of nitrogens with one attached hydrogen (secondary N) is 1. The van der Waals surface area contributed by atoms with E-state index in [-0.39, 0.29) is 36.8 Å². The summed E-state index contributed by atoms with van der Waals surface area (Å²) in [5.41, 5.74) is 1.10. The maximum Gasteiger partial charge on any atom is 0.271 e. The Morgan fingerprint density at radius 3 is 2.72 bits per heavy atom. The van der Waals surface area contributed by atoms with E-state index >= 15 is 0 Å². The summed E-state index contributed by atoms with van der Waals surface area (Å²) >= 11 is 0. The summed E-state index contributed by atoms with van der Waals surface area (Å²) in [6, 6.07) is 10.1. The molecule has 1 unspecified atom stereocenters. The first-order valence-electron chi connectivity index (χ1n) is 11.3. The first-order chi connectivity index (χ1) is 15.4. The van der Waals surface area contributed by atoms with E-state index in [0.717, 1.165) is 37.0 Å². The number of fused-ring (bicyclic) bond motifs is 3. The number of rotatable bonds is 4. The molecule has 2 aliphatic rings. The zero-order valence-electron chi connectivity index (χ0n) is 18.5. The maximum atomic E-state index is 14.5. The number of halogens is 1. The number of benzene rings is 1. The van der Waals surface area contributed by atoms with Crippen molar-refractivity contribution >= 4 is 22.9 Å². The van der Waals surface area contributed by atoms with Gasteiger partial charge in [-0.25, -0.2) is 4.39 Å². The highest BCUT2D eigenvalue weighted by molar-refractivity contribution is 6.03. The second kappa shape index (κ2) is 7.80. The van der Waals surface area contributed by atoms with Gasteiger partial charge in [-0.1, -0.05) is 37.5 Å². The van der Waals surface area contributed by atoms with Crippen molar-refractivity contribution in [3.63, 3.8) is 0 Å². The highest BCUT2D eigenvalue weighted by Gasteiger charge is 2.48. The van der Waals surface area contributed by atoms with Crippen molar-refractivity contribution in [2.24, 2.45) is 0 Å². The van der Waals surface area contributed by atoms with E-state index in [1.165, 1.54) is 17.4 Å². The smallest absolute Gasteiger partial charge is 0.271 e. The Bertz CT molecular complexity index is 1190. The van der Waals surface area contributed by atoms with Gasteiger partial charge in [-0.05, 0) is 32.8 Å². The monoisotopic (exact) mass is 437 g/mol. The van der Waals surface area contributed by atoms with Gasteiger partial charge in [0.1, 0.15) is 22.8 Å². The molecule has 5 rings (SSSR count). The van der Waals surface area contributed by atoms with E-state index in [4.69, 9.17) is 4.42 Å². The largest absolute Gasteiger partial charge is 0.460 e. The summed E-state index contributed by atoms with van der Waals surface area (Å²) in [6.45, 7) is 3.94. The van der Waals surface area contributed by atoms with Gasteiger partial charge >= 0.3 is 0 Å². The number of aromatic nitrogens is 1. The van der Waals surface area contributed by atoms with E-state index < -0.39 is 5.54 Å². The second-order valence-corrected chi connectivity index (χ2v) is 9.29. The zero-order chi connectivity index (χ0) is 22.5. The Morgan fingerprint density at radius 1 is 1.22 bits per heavy atom. The lowest BCUT2D eigenvalue weighted by Gasteiger charge is -2.44. The molecule has 2 amide bonds. The summed E-state index contributed by atoms with van der Waals surface area (Å²) in [5, 5.41) is 3.19. The normalized spacial score (nSPS) is 21.7. The van der Waals surface area contributed by atoms with E-state index in [1.807, 2.05) is 17.6 Å². The van der Waals surface area contributed by atoms with Crippen molar-refractivity contribution in [2.75, 3.05) is 0 Å². The van der Waals surface area contributed by atoms with Gasteiger partial charge in [-0.2, -0.15) is 0 Å². The SMILES string of the molecule is Cc1cc2c(cc3n2CC(C)(C(=O)NC2CCCCC2)N(Cc2ccccc2F)C3=O)o1. The highest BCUT2D eigenvalue weighted by Crippen LogP contribution is 2.35. The quantitative estimate of drug-likeness (QED) is 0.651. The van der Waals surface area contributed by atoms with Crippen LogP contribution in [0.5, 0.6) is 0 Å². The lowest BCUT2D eigenvalue weighted by molar-refractivity contribution is -0.134. The Hall–Kier alpha value is -3.09. The van der Waals surface area contributed by atoms with Gasteiger partial charge in [0.2, 0.25) is 5.91 Å². The van der Waals surface area contributed by atoms with Crippen LogP contribution >= 0.6 is 0 Å². The van der Waals surface area contributed by atoms with Crippen LogP contribution in [0.15, 0.2) is 40.8 Å². The molecule has 1 fully saturated rings. The lowest BCUT2D eigenvalue weighted by Crippen LogP contribution is -2.64. The average molecular weight is 438 g/mol. The first-order valence-corrected chi connectivity index (χ1v) is 11.3. The predicted molar refractivity (Wildman–Crippen MR) is 119 cm³/mol. The van der Waals surface area contributed by atoms with Crippen LogP contribution in [0.1, 0.15) is 60.8 Å². The number of hydrogen-bond donors (Lipinski definition) is 1. The molecule has 1 aliphatic carbocycles. The van der Waals surface area contributed by atoms with E-state index in [2.05, 4.69) is 5.32 Å². The predicted octanol–water partition coefficient (Wildman–Crippen LogP) is 4.55. The number of carbonyl (C=O) groups excluding carboxylic acids is 2. The molecule has 1 atom stereocenters. The van der Waals surface area contributed by atoms with Crippen molar-refractivity contribution in [1.82, 2.24) is 14.8 Å². The number of carbonyl (C=O) groups is 2. The summed E-state index contributed by atoms with van der Waals surface area (Å²) < 4.78 is 22.1. The van der Waals surface area contributed by atoms with Gasteiger partial charge in [0, 0.05) is 23.7 Å². The Kier molecular flexibility index (Phi) is 5.07. The fourth-order valence-corrected chi connectivity index (χ4v) is 5.09. The molecular formula is C25H28FN3O3. The average Bonchev–Trinajstić information content (AvgIpc) is 3.30. The van der Waals surface area contributed by atoms with Crippen LogP contribution in [0.4, 0.5) is 4.39 Å². The van der Waals surface area contributed by atoms with Crippen LogP contribution in [-0.4, -0.2) is 32.9 Å². The molecule has 1 saturated carbocycles. The highest BCUT2D eigenvalue weighted by atomic mass is 19.1. The van der Waals surface area contributed by atoms with Gasteiger partial charge in [-0.3, -0.25) is 9.59 Å². The second-order valence-electron chi connectivity index (χ2n) is 9.29. The van der Waals surface area contributed by atoms with Gasteiger partial charge in [-0.15, -0.1) is 0 Å². The number of aryl methyl sites for hydroxylation is 1. The summed E-state index contributed by atoms with van der Waals surface area (Å²) in [4.78, 5) is 28.8. The number of furan rings is 1. The molecule has 168 valence electrons. The number of amides is 2. The topological polar surface area (TPSA) is 67.5 Å². The minimum Gasteiger partial charge on any atom is -0.460 e. The fraction of sp³-hybridized carbons (Fsp3) is 0.440. The molecule has 3 heterocycles. The summed E-state index contributed by atoms with van der Waals surface area (Å²) in [7, 11) is 0. The molecule has 1 aromatic carbocycles. The first kappa shape index (κ1) is 20.8. The van der Waals surface area contributed by atoms with E-state index in [1.54, 1.807) is 31.2 Å². The molecule has 0 saturated heterocycles. The zero-order valence-corrected chi connectivity index (χ0v) is 18.5. The molecular weight excluding hydrogens is 409 g/mol. The van der Waals surface area contributed by atoms with Gasteiger partial charge in [0.05, 0.1) is 18.6 Å². The maximum absolute atomic E-state index is 14.5. The van der Waals surface area contributed by atoms with E-state index in [9.17, 15) is 14.0 Å². The van der Waals surface area contributed by atoms with Crippen LogP contribution in [-0.2, 0) is 17.9 Å². The molecule has 3 aromatic rings. The Labute approximate surface area is 186 Å². The number of nitrogens with zero attached hydrogens (tertiary/aromatic N) is 2. The summed E-state index contributed by atoms with van der Waals surface area (Å²) in [5.74, 6) is -0.132. The molecule has 6 nitrogen and oxygen atoms in total. The van der Waals surface area contributed by atoms with Crippen molar-refractivity contribution in [2.45, 2.75) is 70.6 Å². The molecule has 1 N–H and O–H groups in total. The molecule has 0 spiro atoms.